The number of thioether (sulfide) groups is 1. The molecule has 0 fully saturated rings. The molecule has 0 aliphatic heterocycles. The smallest absolute Gasteiger partial charge is 0.255 e. The van der Waals surface area contributed by atoms with Crippen molar-refractivity contribution in [3.63, 3.8) is 0 Å². The van der Waals surface area contributed by atoms with E-state index in [1.165, 1.54) is 11.8 Å². The van der Waals surface area contributed by atoms with E-state index in [-0.39, 0.29) is 17.1 Å². The molecule has 154 valence electrons. The first-order chi connectivity index (χ1) is 14.3. The summed E-state index contributed by atoms with van der Waals surface area (Å²) in [5, 5.41) is 5.67. The third kappa shape index (κ3) is 5.30. The van der Waals surface area contributed by atoms with E-state index < -0.39 is 0 Å². The van der Waals surface area contributed by atoms with Crippen molar-refractivity contribution in [2.75, 3.05) is 10.6 Å². The molecule has 1 atom stereocenters. The number of hydrogen-bond donors (Lipinski definition) is 2. The van der Waals surface area contributed by atoms with Crippen molar-refractivity contribution < 1.29 is 9.59 Å². The van der Waals surface area contributed by atoms with Crippen molar-refractivity contribution in [3.8, 4) is 0 Å². The predicted molar refractivity (Wildman–Crippen MR) is 125 cm³/mol. The van der Waals surface area contributed by atoms with Gasteiger partial charge in [-0.3, -0.25) is 9.59 Å². The number of carbonyl (C=O) groups excluding carboxylic acids is 2. The number of hydrogen-bond acceptors (Lipinski definition) is 3. The maximum Gasteiger partial charge on any atom is 0.255 e. The number of carbonyl (C=O) groups is 2. The van der Waals surface area contributed by atoms with E-state index in [1.54, 1.807) is 0 Å². The van der Waals surface area contributed by atoms with Gasteiger partial charge in [0.05, 0.1) is 5.25 Å². The fourth-order valence-corrected chi connectivity index (χ4v) is 3.98. The molecular weight excluding hydrogens is 392 g/mol. The standard InChI is InChI=1S/C25H26N2O2S/c1-16-10-7-14-23(18(16)3)27-24(28)19(4)30-21-12-8-11-20(15-21)26-25(29)22-13-6-5-9-17(22)2/h5-15,19H,1-4H3,(H,26,29)(H,27,28). The van der Waals surface area contributed by atoms with Gasteiger partial charge >= 0.3 is 0 Å². The second kappa shape index (κ2) is 9.63. The summed E-state index contributed by atoms with van der Waals surface area (Å²) in [4.78, 5) is 26.1. The molecule has 0 aromatic heterocycles. The van der Waals surface area contributed by atoms with Crippen LogP contribution in [0.1, 0.15) is 34.0 Å². The Morgan fingerprint density at radius 2 is 1.53 bits per heavy atom. The molecule has 30 heavy (non-hydrogen) atoms. The van der Waals surface area contributed by atoms with Gasteiger partial charge in [0.15, 0.2) is 0 Å². The highest BCUT2D eigenvalue weighted by Gasteiger charge is 2.16. The van der Waals surface area contributed by atoms with E-state index in [9.17, 15) is 9.59 Å². The fourth-order valence-electron chi connectivity index (χ4n) is 3.05. The van der Waals surface area contributed by atoms with Crippen LogP contribution in [-0.4, -0.2) is 17.1 Å². The lowest BCUT2D eigenvalue weighted by Crippen LogP contribution is -2.23. The summed E-state index contributed by atoms with van der Waals surface area (Å²) in [6.45, 7) is 7.82. The van der Waals surface area contributed by atoms with E-state index in [0.717, 1.165) is 27.3 Å². The Bertz CT molecular complexity index is 1080. The van der Waals surface area contributed by atoms with E-state index in [4.69, 9.17) is 0 Å². The Hall–Kier alpha value is -3.05. The third-order valence-electron chi connectivity index (χ3n) is 5.03. The van der Waals surface area contributed by atoms with Crippen LogP contribution in [0.4, 0.5) is 11.4 Å². The van der Waals surface area contributed by atoms with Gasteiger partial charge < -0.3 is 10.6 Å². The van der Waals surface area contributed by atoms with Crippen LogP contribution in [0.5, 0.6) is 0 Å². The molecule has 3 rings (SSSR count). The first-order valence-electron chi connectivity index (χ1n) is 9.86. The summed E-state index contributed by atoms with van der Waals surface area (Å²) in [5.41, 5.74) is 5.34. The first kappa shape index (κ1) is 21.7. The molecule has 0 aliphatic rings. The largest absolute Gasteiger partial charge is 0.325 e. The number of amides is 2. The molecule has 0 radical (unpaired) electrons. The van der Waals surface area contributed by atoms with Crippen molar-refractivity contribution in [1.29, 1.82) is 0 Å². The Balaban J connectivity index is 1.65. The molecule has 0 saturated heterocycles. The third-order valence-corrected chi connectivity index (χ3v) is 6.12. The molecule has 0 bridgehead atoms. The van der Waals surface area contributed by atoms with Gasteiger partial charge in [0, 0.05) is 21.8 Å². The van der Waals surface area contributed by atoms with Gasteiger partial charge in [-0.15, -0.1) is 11.8 Å². The van der Waals surface area contributed by atoms with Crippen LogP contribution >= 0.6 is 11.8 Å². The zero-order valence-electron chi connectivity index (χ0n) is 17.7. The van der Waals surface area contributed by atoms with Crippen LogP contribution in [0.25, 0.3) is 0 Å². The van der Waals surface area contributed by atoms with Crippen LogP contribution in [0.2, 0.25) is 0 Å². The van der Waals surface area contributed by atoms with Crippen molar-refractivity contribution in [1.82, 2.24) is 0 Å². The second-order valence-electron chi connectivity index (χ2n) is 7.29. The zero-order chi connectivity index (χ0) is 21.7. The van der Waals surface area contributed by atoms with E-state index in [2.05, 4.69) is 10.6 Å². The van der Waals surface area contributed by atoms with Crippen LogP contribution in [-0.2, 0) is 4.79 Å². The Morgan fingerprint density at radius 1 is 0.833 bits per heavy atom. The number of anilines is 2. The van der Waals surface area contributed by atoms with Gasteiger partial charge in [-0.05, 0) is 74.7 Å². The summed E-state index contributed by atoms with van der Waals surface area (Å²) < 4.78 is 0. The van der Waals surface area contributed by atoms with E-state index in [0.29, 0.717) is 11.3 Å². The summed E-state index contributed by atoms with van der Waals surface area (Å²) in [6, 6.07) is 20.9. The van der Waals surface area contributed by atoms with Crippen LogP contribution in [0.15, 0.2) is 71.6 Å². The maximum atomic E-state index is 12.7. The van der Waals surface area contributed by atoms with Crippen molar-refractivity contribution in [3.05, 3.63) is 89.0 Å². The normalized spacial score (nSPS) is 11.6. The molecule has 1 unspecified atom stereocenters. The minimum atomic E-state index is -0.285. The number of nitrogens with one attached hydrogen (secondary N) is 2. The molecule has 0 saturated carbocycles. The SMILES string of the molecule is Cc1ccccc1C(=O)Nc1cccc(SC(C)C(=O)Nc2cccc(C)c2C)c1. The van der Waals surface area contributed by atoms with Gasteiger partial charge in [0.25, 0.3) is 5.91 Å². The van der Waals surface area contributed by atoms with Crippen LogP contribution in [0, 0.1) is 20.8 Å². The number of rotatable bonds is 6. The summed E-state index contributed by atoms with van der Waals surface area (Å²) in [7, 11) is 0. The van der Waals surface area contributed by atoms with Crippen molar-refractivity contribution in [2.24, 2.45) is 0 Å². The predicted octanol–water partition coefficient (Wildman–Crippen LogP) is 5.98. The van der Waals surface area contributed by atoms with Gasteiger partial charge in [-0.25, -0.2) is 0 Å². The molecule has 3 aromatic rings. The Kier molecular flexibility index (Phi) is 6.95. The molecular formula is C25H26N2O2S. The monoisotopic (exact) mass is 418 g/mol. The lowest BCUT2D eigenvalue weighted by Gasteiger charge is -2.15. The van der Waals surface area contributed by atoms with Crippen molar-refractivity contribution in [2.45, 2.75) is 37.8 Å². The van der Waals surface area contributed by atoms with Gasteiger partial charge in [0.2, 0.25) is 5.91 Å². The lowest BCUT2D eigenvalue weighted by atomic mass is 10.1. The summed E-state index contributed by atoms with van der Waals surface area (Å²) in [6.07, 6.45) is 0. The second-order valence-corrected chi connectivity index (χ2v) is 8.71. The van der Waals surface area contributed by atoms with Gasteiger partial charge in [-0.2, -0.15) is 0 Å². The number of benzene rings is 3. The average molecular weight is 419 g/mol. The quantitative estimate of drug-likeness (QED) is 0.484. The van der Waals surface area contributed by atoms with Gasteiger partial charge in [-0.1, -0.05) is 36.4 Å². The maximum absolute atomic E-state index is 12.7. The van der Waals surface area contributed by atoms with E-state index in [1.807, 2.05) is 94.4 Å². The van der Waals surface area contributed by atoms with Crippen LogP contribution in [0.3, 0.4) is 0 Å². The molecule has 4 nitrogen and oxygen atoms in total. The summed E-state index contributed by atoms with van der Waals surface area (Å²) in [5.74, 6) is -0.195. The lowest BCUT2D eigenvalue weighted by molar-refractivity contribution is -0.115. The molecule has 3 aromatic carbocycles. The molecule has 0 spiro atoms. The molecule has 0 aliphatic carbocycles. The average Bonchev–Trinajstić information content (AvgIpc) is 2.72. The van der Waals surface area contributed by atoms with Crippen molar-refractivity contribution >= 4 is 35.0 Å². The highest BCUT2D eigenvalue weighted by atomic mass is 32.2. The topological polar surface area (TPSA) is 58.2 Å². The fraction of sp³-hybridized carbons (Fsp3) is 0.200. The van der Waals surface area contributed by atoms with Gasteiger partial charge in [0.1, 0.15) is 0 Å². The Labute approximate surface area is 182 Å². The highest BCUT2D eigenvalue weighted by Crippen LogP contribution is 2.27. The summed E-state index contributed by atoms with van der Waals surface area (Å²) >= 11 is 1.46. The first-order valence-corrected chi connectivity index (χ1v) is 10.7. The highest BCUT2D eigenvalue weighted by molar-refractivity contribution is 8.00. The Morgan fingerprint density at radius 3 is 2.30 bits per heavy atom. The minimum Gasteiger partial charge on any atom is -0.325 e. The minimum absolute atomic E-state index is 0.0527. The van der Waals surface area contributed by atoms with E-state index >= 15 is 0 Å². The van der Waals surface area contributed by atoms with Crippen LogP contribution < -0.4 is 10.6 Å². The zero-order valence-corrected chi connectivity index (χ0v) is 18.5. The molecule has 5 heteroatoms. The molecule has 2 N–H and O–H groups in total. The number of aryl methyl sites for hydroxylation is 2. The molecule has 2 amide bonds. The molecule has 0 heterocycles.